The van der Waals surface area contributed by atoms with Gasteiger partial charge in [0.15, 0.2) is 0 Å². The van der Waals surface area contributed by atoms with E-state index in [4.69, 9.17) is 0 Å². The molecule has 0 aromatic heterocycles. The van der Waals surface area contributed by atoms with Crippen LogP contribution in [-0.4, -0.2) is 13.1 Å². The number of fused-ring (bicyclic) bond motifs is 1. The molecule has 2 atom stereocenters. The normalized spacial score (nSPS) is 14.5. The Morgan fingerprint density at radius 2 is 1.79 bits per heavy atom. The van der Waals surface area contributed by atoms with Gasteiger partial charge in [0, 0.05) is 6.04 Å². The molecule has 0 bridgehead atoms. The quantitative estimate of drug-likeness (QED) is 0.806. The summed E-state index contributed by atoms with van der Waals surface area (Å²) in [6.45, 7) is 4.62. The highest BCUT2D eigenvalue weighted by atomic mass is 14.9. The maximum absolute atomic E-state index is 3.50. The lowest BCUT2D eigenvalue weighted by atomic mass is 9.90. The van der Waals surface area contributed by atoms with Gasteiger partial charge < -0.3 is 5.32 Å². The van der Waals surface area contributed by atoms with Crippen LogP contribution in [0.3, 0.4) is 0 Å². The molecule has 1 nitrogen and oxygen atoms in total. The molecule has 19 heavy (non-hydrogen) atoms. The minimum absolute atomic E-state index is 0.561. The molecular weight excluding hydrogens is 230 g/mol. The number of nitrogens with one attached hydrogen (secondary N) is 1. The second-order valence-corrected chi connectivity index (χ2v) is 5.50. The number of rotatable bonds is 6. The number of hydrogen-bond acceptors (Lipinski definition) is 1. The van der Waals surface area contributed by atoms with Crippen LogP contribution < -0.4 is 5.32 Å². The molecule has 2 aromatic carbocycles. The van der Waals surface area contributed by atoms with Gasteiger partial charge in [-0.2, -0.15) is 0 Å². The van der Waals surface area contributed by atoms with Crippen LogP contribution in [0.1, 0.15) is 32.3 Å². The van der Waals surface area contributed by atoms with E-state index in [9.17, 15) is 0 Å². The number of likely N-dealkylation sites (N-methyl/N-ethyl adjacent to an activating group) is 1. The predicted molar refractivity (Wildman–Crippen MR) is 84.6 cm³/mol. The standard InChI is InChI=1S/C18H25N/c1-4-8-14(2)18(19-3)13-16-11-7-10-15-9-5-6-12-17(15)16/h5-7,9-12,14,18-19H,4,8,13H2,1-3H3. The highest BCUT2D eigenvalue weighted by molar-refractivity contribution is 5.85. The van der Waals surface area contributed by atoms with Crippen molar-refractivity contribution in [3.05, 3.63) is 48.0 Å². The van der Waals surface area contributed by atoms with E-state index in [1.807, 2.05) is 0 Å². The zero-order valence-electron chi connectivity index (χ0n) is 12.3. The van der Waals surface area contributed by atoms with Gasteiger partial charge in [-0.3, -0.25) is 0 Å². The van der Waals surface area contributed by atoms with Gasteiger partial charge in [0.1, 0.15) is 0 Å². The summed E-state index contributed by atoms with van der Waals surface area (Å²) in [7, 11) is 2.09. The van der Waals surface area contributed by atoms with Crippen molar-refractivity contribution in [2.75, 3.05) is 7.05 Å². The van der Waals surface area contributed by atoms with Gasteiger partial charge in [-0.1, -0.05) is 62.7 Å². The topological polar surface area (TPSA) is 12.0 Å². The molecular formula is C18H25N. The first kappa shape index (κ1) is 14.1. The lowest BCUT2D eigenvalue weighted by Crippen LogP contribution is -2.34. The van der Waals surface area contributed by atoms with Gasteiger partial charge in [0.05, 0.1) is 0 Å². The minimum atomic E-state index is 0.561. The van der Waals surface area contributed by atoms with Crippen LogP contribution in [0.4, 0.5) is 0 Å². The summed E-state index contributed by atoms with van der Waals surface area (Å²) in [4.78, 5) is 0. The van der Waals surface area contributed by atoms with Crippen molar-refractivity contribution in [1.29, 1.82) is 0 Å². The van der Waals surface area contributed by atoms with Gasteiger partial charge in [0.2, 0.25) is 0 Å². The summed E-state index contributed by atoms with van der Waals surface area (Å²) in [5, 5.41) is 6.24. The van der Waals surface area contributed by atoms with Crippen LogP contribution in [-0.2, 0) is 6.42 Å². The lowest BCUT2D eigenvalue weighted by molar-refractivity contribution is 0.372. The smallest absolute Gasteiger partial charge is 0.0130 e. The first-order valence-corrected chi connectivity index (χ1v) is 7.40. The van der Waals surface area contributed by atoms with Crippen molar-refractivity contribution in [3.63, 3.8) is 0 Å². The van der Waals surface area contributed by atoms with Crippen molar-refractivity contribution >= 4 is 10.8 Å². The highest BCUT2D eigenvalue weighted by Crippen LogP contribution is 2.22. The van der Waals surface area contributed by atoms with E-state index in [0.29, 0.717) is 12.0 Å². The second-order valence-electron chi connectivity index (χ2n) is 5.50. The average Bonchev–Trinajstić information content (AvgIpc) is 2.45. The summed E-state index contributed by atoms with van der Waals surface area (Å²) in [5.41, 5.74) is 1.46. The van der Waals surface area contributed by atoms with Crippen LogP contribution in [0.15, 0.2) is 42.5 Å². The Kier molecular flexibility index (Phi) is 4.98. The third kappa shape index (κ3) is 3.36. The number of benzene rings is 2. The zero-order valence-corrected chi connectivity index (χ0v) is 12.3. The lowest BCUT2D eigenvalue weighted by Gasteiger charge is -2.24. The Hall–Kier alpha value is -1.34. The Bertz CT molecular complexity index is 513. The molecule has 0 fully saturated rings. The molecule has 0 aliphatic carbocycles. The van der Waals surface area contributed by atoms with Gasteiger partial charge >= 0.3 is 0 Å². The van der Waals surface area contributed by atoms with E-state index in [2.05, 4.69) is 68.7 Å². The third-order valence-corrected chi connectivity index (χ3v) is 4.12. The highest BCUT2D eigenvalue weighted by Gasteiger charge is 2.16. The minimum Gasteiger partial charge on any atom is -0.316 e. The van der Waals surface area contributed by atoms with Gasteiger partial charge in [-0.05, 0) is 42.1 Å². The number of hydrogen-bond donors (Lipinski definition) is 1. The molecule has 0 spiro atoms. The Morgan fingerprint density at radius 3 is 2.53 bits per heavy atom. The van der Waals surface area contributed by atoms with Gasteiger partial charge in [0.25, 0.3) is 0 Å². The molecule has 0 saturated carbocycles. The Balaban J connectivity index is 2.24. The Labute approximate surface area is 117 Å². The Morgan fingerprint density at radius 1 is 1.05 bits per heavy atom. The summed E-state index contributed by atoms with van der Waals surface area (Å²) in [6, 6.07) is 15.9. The third-order valence-electron chi connectivity index (χ3n) is 4.12. The van der Waals surface area contributed by atoms with E-state index >= 15 is 0 Å². The van der Waals surface area contributed by atoms with Crippen LogP contribution >= 0.6 is 0 Å². The molecule has 2 rings (SSSR count). The molecule has 102 valence electrons. The first-order valence-electron chi connectivity index (χ1n) is 7.40. The fraction of sp³-hybridized carbons (Fsp3) is 0.444. The molecule has 2 aromatic rings. The van der Waals surface area contributed by atoms with E-state index < -0.39 is 0 Å². The zero-order chi connectivity index (χ0) is 13.7. The molecule has 0 radical (unpaired) electrons. The molecule has 0 saturated heterocycles. The molecule has 0 aliphatic rings. The molecule has 0 aliphatic heterocycles. The molecule has 1 N–H and O–H groups in total. The van der Waals surface area contributed by atoms with E-state index in [0.717, 1.165) is 6.42 Å². The second kappa shape index (κ2) is 6.72. The molecule has 0 amide bonds. The van der Waals surface area contributed by atoms with E-state index in [1.165, 1.54) is 29.2 Å². The summed E-state index contributed by atoms with van der Waals surface area (Å²) >= 11 is 0. The first-order chi connectivity index (χ1) is 9.26. The molecule has 1 heteroatoms. The van der Waals surface area contributed by atoms with Gasteiger partial charge in [-0.15, -0.1) is 0 Å². The van der Waals surface area contributed by atoms with Crippen molar-refractivity contribution in [2.45, 2.75) is 39.2 Å². The summed E-state index contributed by atoms with van der Waals surface area (Å²) in [6.07, 6.45) is 3.66. The van der Waals surface area contributed by atoms with Crippen LogP contribution in [0.5, 0.6) is 0 Å². The fourth-order valence-electron chi connectivity index (χ4n) is 2.95. The molecule has 2 unspecified atom stereocenters. The van der Waals surface area contributed by atoms with Crippen molar-refractivity contribution < 1.29 is 0 Å². The largest absolute Gasteiger partial charge is 0.316 e. The van der Waals surface area contributed by atoms with Crippen LogP contribution in [0.25, 0.3) is 10.8 Å². The van der Waals surface area contributed by atoms with Crippen LogP contribution in [0.2, 0.25) is 0 Å². The van der Waals surface area contributed by atoms with E-state index in [1.54, 1.807) is 0 Å². The van der Waals surface area contributed by atoms with Gasteiger partial charge in [-0.25, -0.2) is 0 Å². The summed E-state index contributed by atoms with van der Waals surface area (Å²) in [5.74, 6) is 0.717. The maximum Gasteiger partial charge on any atom is 0.0130 e. The van der Waals surface area contributed by atoms with Crippen LogP contribution in [0, 0.1) is 5.92 Å². The van der Waals surface area contributed by atoms with Crippen molar-refractivity contribution in [1.82, 2.24) is 5.32 Å². The predicted octanol–water partition coefficient (Wildman–Crippen LogP) is 4.41. The SMILES string of the molecule is CCCC(C)C(Cc1cccc2ccccc12)NC. The average molecular weight is 255 g/mol. The fourth-order valence-corrected chi connectivity index (χ4v) is 2.95. The summed E-state index contributed by atoms with van der Waals surface area (Å²) < 4.78 is 0. The molecule has 0 heterocycles. The van der Waals surface area contributed by atoms with E-state index in [-0.39, 0.29) is 0 Å². The monoisotopic (exact) mass is 255 g/mol. The van der Waals surface area contributed by atoms with Crippen molar-refractivity contribution in [2.24, 2.45) is 5.92 Å². The van der Waals surface area contributed by atoms with Crippen molar-refractivity contribution in [3.8, 4) is 0 Å². The maximum atomic E-state index is 3.50.